The number of carbonyl (C=O) groups is 2. The number of hydrogen-bond acceptors (Lipinski definition) is 4. The van der Waals surface area contributed by atoms with Gasteiger partial charge < -0.3 is 4.74 Å². The highest BCUT2D eigenvalue weighted by Crippen LogP contribution is 2.32. The van der Waals surface area contributed by atoms with Crippen LogP contribution in [0.3, 0.4) is 0 Å². The minimum atomic E-state index is -0.431. The van der Waals surface area contributed by atoms with E-state index in [4.69, 9.17) is 17.0 Å². The Morgan fingerprint density at radius 3 is 2.26 bits per heavy atom. The highest BCUT2D eigenvalue weighted by molar-refractivity contribution is 9.10. The van der Waals surface area contributed by atoms with Gasteiger partial charge in [0.1, 0.15) is 17.9 Å². The molecular weight excluding hydrogens is 476 g/mol. The molecule has 0 unspecified atom stereocenters. The number of nitrogens with zero attached hydrogens (tertiary/aromatic N) is 2. The topological polar surface area (TPSA) is 49.9 Å². The van der Waals surface area contributed by atoms with Crippen LogP contribution in [0.4, 0.5) is 0 Å². The Kier molecular flexibility index (Phi) is 5.89. The van der Waals surface area contributed by atoms with Crippen molar-refractivity contribution in [3.63, 3.8) is 0 Å². The molecule has 31 heavy (non-hydrogen) atoms. The fraction of sp³-hybridized carbons (Fsp3) is 0.125. The minimum Gasteiger partial charge on any atom is -0.488 e. The van der Waals surface area contributed by atoms with Crippen LogP contribution in [0.5, 0.6) is 5.75 Å². The first-order valence-corrected chi connectivity index (χ1v) is 10.8. The Morgan fingerprint density at radius 2 is 1.58 bits per heavy atom. The number of ether oxygens (including phenoxy) is 1. The quantitative estimate of drug-likeness (QED) is 0.297. The molecule has 0 saturated carbocycles. The van der Waals surface area contributed by atoms with Gasteiger partial charge in [0.05, 0.1) is 0 Å². The molecule has 0 radical (unpaired) electrons. The molecule has 4 rings (SSSR count). The number of amides is 2. The third-order valence-electron chi connectivity index (χ3n) is 5.17. The molecule has 0 spiro atoms. The molecule has 1 heterocycles. The monoisotopic (exact) mass is 494 g/mol. The number of thiocarbonyl (C=S) groups is 1. The van der Waals surface area contributed by atoms with Gasteiger partial charge in [0, 0.05) is 24.1 Å². The smallest absolute Gasteiger partial charge is 0.265 e. The summed E-state index contributed by atoms with van der Waals surface area (Å²) < 4.78 is 7.12. The Bertz CT molecular complexity index is 1210. The van der Waals surface area contributed by atoms with Gasteiger partial charge in [0.15, 0.2) is 5.11 Å². The maximum Gasteiger partial charge on any atom is 0.265 e. The zero-order valence-corrected chi connectivity index (χ0v) is 19.4. The average molecular weight is 495 g/mol. The lowest BCUT2D eigenvalue weighted by Gasteiger charge is -2.31. The maximum absolute atomic E-state index is 12.8. The van der Waals surface area contributed by atoms with Gasteiger partial charge >= 0.3 is 0 Å². The van der Waals surface area contributed by atoms with Crippen molar-refractivity contribution >= 4 is 61.9 Å². The van der Waals surface area contributed by atoms with Crippen molar-refractivity contribution in [3.05, 3.63) is 81.8 Å². The number of halogens is 1. The van der Waals surface area contributed by atoms with Gasteiger partial charge in [-0.3, -0.25) is 19.4 Å². The van der Waals surface area contributed by atoms with Crippen LogP contribution in [0.2, 0.25) is 0 Å². The van der Waals surface area contributed by atoms with Crippen LogP contribution >= 0.6 is 28.1 Å². The van der Waals surface area contributed by atoms with Crippen LogP contribution < -0.4 is 4.74 Å². The first-order chi connectivity index (χ1) is 14.9. The third kappa shape index (κ3) is 4.11. The third-order valence-corrected chi connectivity index (χ3v) is 6.25. The first kappa shape index (κ1) is 21.2. The van der Waals surface area contributed by atoms with Crippen molar-refractivity contribution in [1.82, 2.24) is 9.80 Å². The first-order valence-electron chi connectivity index (χ1n) is 9.57. The van der Waals surface area contributed by atoms with E-state index < -0.39 is 11.8 Å². The van der Waals surface area contributed by atoms with E-state index >= 15 is 0 Å². The lowest BCUT2D eigenvalue weighted by atomic mass is 9.99. The van der Waals surface area contributed by atoms with Crippen LogP contribution in [0, 0.1) is 0 Å². The normalized spacial score (nSPS) is 14.4. The number of likely N-dealkylation sites (N-methyl/N-ethyl adjacent to an activating group) is 2. The predicted molar refractivity (Wildman–Crippen MR) is 129 cm³/mol. The molecule has 156 valence electrons. The molecule has 5 nitrogen and oxygen atoms in total. The highest BCUT2D eigenvalue weighted by Gasteiger charge is 2.35. The molecule has 0 bridgehead atoms. The number of benzene rings is 3. The molecule has 7 heteroatoms. The van der Waals surface area contributed by atoms with Gasteiger partial charge in [-0.05, 0) is 52.8 Å². The van der Waals surface area contributed by atoms with Crippen molar-refractivity contribution in [2.75, 3.05) is 14.1 Å². The molecule has 1 fully saturated rings. The molecule has 3 aromatic carbocycles. The van der Waals surface area contributed by atoms with Gasteiger partial charge in [-0.25, -0.2) is 0 Å². The van der Waals surface area contributed by atoms with Crippen molar-refractivity contribution in [2.45, 2.75) is 6.61 Å². The van der Waals surface area contributed by atoms with Crippen LogP contribution in [0.1, 0.15) is 11.1 Å². The van der Waals surface area contributed by atoms with Gasteiger partial charge in [-0.15, -0.1) is 0 Å². The summed E-state index contributed by atoms with van der Waals surface area (Å²) in [7, 11) is 3.13. The highest BCUT2D eigenvalue weighted by atomic mass is 79.9. The molecule has 1 aliphatic rings. The number of hydrogen-bond donors (Lipinski definition) is 0. The van der Waals surface area contributed by atoms with Gasteiger partial charge in [0.2, 0.25) is 0 Å². The van der Waals surface area contributed by atoms with Crippen molar-refractivity contribution in [2.24, 2.45) is 0 Å². The molecule has 1 saturated heterocycles. The summed E-state index contributed by atoms with van der Waals surface area (Å²) in [5, 5.41) is 2.05. The standard InChI is InChI=1S/C24H19BrN2O3S/c1-26-22(28)20(23(29)27(2)24(26)31)13-19-18-6-4-3-5-16(18)9-12-21(19)30-14-15-7-10-17(25)11-8-15/h3-13H,14H2,1-2H3. The van der Waals surface area contributed by atoms with E-state index in [0.717, 1.165) is 20.8 Å². The van der Waals surface area contributed by atoms with E-state index in [2.05, 4.69) is 15.9 Å². The molecule has 2 amide bonds. The summed E-state index contributed by atoms with van der Waals surface area (Å²) in [6.45, 7) is 0.355. The molecule has 3 aromatic rings. The van der Waals surface area contributed by atoms with Crippen LogP contribution in [-0.2, 0) is 16.2 Å². The fourth-order valence-corrected chi connectivity index (χ4v) is 3.84. The SMILES string of the molecule is CN1C(=O)C(=Cc2c(OCc3ccc(Br)cc3)ccc3ccccc23)C(=O)N(C)C1=S. The molecule has 1 aliphatic heterocycles. The van der Waals surface area contributed by atoms with Crippen molar-refractivity contribution in [1.29, 1.82) is 0 Å². The Balaban J connectivity index is 1.79. The van der Waals surface area contributed by atoms with E-state index in [0.29, 0.717) is 17.9 Å². The zero-order chi connectivity index (χ0) is 22.1. The van der Waals surface area contributed by atoms with Crippen molar-refractivity contribution in [3.8, 4) is 5.75 Å². The summed E-state index contributed by atoms with van der Waals surface area (Å²) >= 11 is 8.62. The summed E-state index contributed by atoms with van der Waals surface area (Å²) in [4.78, 5) is 28.3. The Morgan fingerprint density at radius 1 is 0.935 bits per heavy atom. The van der Waals surface area contributed by atoms with E-state index in [9.17, 15) is 9.59 Å². The molecular formula is C24H19BrN2O3S. The van der Waals surface area contributed by atoms with E-state index in [1.54, 1.807) is 20.2 Å². The lowest BCUT2D eigenvalue weighted by molar-refractivity contribution is -0.132. The summed E-state index contributed by atoms with van der Waals surface area (Å²) in [5.74, 6) is -0.270. The Hall–Kier alpha value is -3.03. The maximum atomic E-state index is 12.8. The molecule has 0 atom stereocenters. The second kappa shape index (κ2) is 8.61. The van der Waals surface area contributed by atoms with Crippen LogP contribution in [0.25, 0.3) is 16.8 Å². The van der Waals surface area contributed by atoms with Crippen LogP contribution in [0.15, 0.2) is 70.7 Å². The number of fused-ring (bicyclic) bond motifs is 1. The fourth-order valence-electron chi connectivity index (χ4n) is 3.41. The largest absolute Gasteiger partial charge is 0.488 e. The second-order valence-corrected chi connectivity index (χ2v) is 8.46. The van der Waals surface area contributed by atoms with Crippen molar-refractivity contribution < 1.29 is 14.3 Å². The predicted octanol–water partition coefficient (Wildman–Crippen LogP) is 4.78. The summed E-state index contributed by atoms with van der Waals surface area (Å²) in [6.07, 6.45) is 1.61. The van der Waals surface area contributed by atoms with E-state index in [1.807, 2.05) is 60.7 Å². The molecule has 0 aromatic heterocycles. The number of carbonyl (C=O) groups excluding carboxylic acids is 2. The molecule has 0 N–H and O–H groups in total. The minimum absolute atomic E-state index is 0.0449. The lowest BCUT2D eigenvalue weighted by Crippen LogP contribution is -2.52. The van der Waals surface area contributed by atoms with Gasteiger partial charge in [-0.1, -0.05) is 58.4 Å². The molecule has 0 aliphatic carbocycles. The van der Waals surface area contributed by atoms with E-state index in [-0.39, 0.29) is 10.7 Å². The summed E-state index contributed by atoms with van der Waals surface area (Å²) in [5.41, 5.74) is 1.73. The Labute approximate surface area is 194 Å². The second-order valence-electron chi connectivity index (χ2n) is 7.18. The van der Waals surface area contributed by atoms with Gasteiger partial charge in [0.25, 0.3) is 11.8 Å². The van der Waals surface area contributed by atoms with Crippen LogP contribution in [-0.4, -0.2) is 40.8 Å². The summed E-state index contributed by atoms with van der Waals surface area (Å²) in [6, 6.07) is 19.5. The van der Waals surface area contributed by atoms with E-state index in [1.165, 1.54) is 9.80 Å². The number of rotatable bonds is 4. The average Bonchev–Trinajstić information content (AvgIpc) is 2.79. The van der Waals surface area contributed by atoms with Gasteiger partial charge in [-0.2, -0.15) is 0 Å². The zero-order valence-electron chi connectivity index (χ0n) is 17.0.